The molecular formula is C34H52Cl2N12O16P2S2. The third-order valence-electron chi connectivity index (χ3n) is 10.5. The van der Waals surface area contributed by atoms with E-state index < -0.39 is 90.6 Å². The van der Waals surface area contributed by atoms with E-state index in [1.165, 1.54) is 18.8 Å². The van der Waals surface area contributed by atoms with Gasteiger partial charge in [-0.25, -0.2) is 19.1 Å². The van der Waals surface area contributed by atoms with E-state index in [1.54, 1.807) is 13.8 Å². The van der Waals surface area contributed by atoms with Crippen molar-refractivity contribution in [2.45, 2.75) is 89.5 Å². The van der Waals surface area contributed by atoms with Crippen LogP contribution in [-0.2, 0) is 54.0 Å². The van der Waals surface area contributed by atoms with Gasteiger partial charge < -0.3 is 69.9 Å². The van der Waals surface area contributed by atoms with Gasteiger partial charge in [0, 0.05) is 40.4 Å². The lowest BCUT2D eigenvalue weighted by Gasteiger charge is -2.37. The highest BCUT2D eigenvalue weighted by atomic mass is 35.5. The van der Waals surface area contributed by atoms with Crippen LogP contribution in [0.3, 0.4) is 0 Å². The number of phosphoric ester groups is 2. The number of ether oxygens (including phenoxy) is 2. The lowest BCUT2D eigenvalue weighted by atomic mass is 10.0. The molecular weight excluding hydrogens is 1030 g/mol. The molecule has 6 heterocycles. The molecule has 0 bridgehead atoms. The standard InChI is InChI=1S/2C17H26ClN6O8PS/c1-3-10-13(18)20-14(24(10)8-32-33(28,29)30)15(27)19-9-4-5-23(6-12(9)31-2)17-22-21-16(34-17)11(26)7-25;1-3-9-13(18)24(8-32-33(28,29)30)14(19-9)15(27)20-10-4-5-23(6-12(10)31-2)17-22-21-16(34-17)11(26)7-25/h9,11-12,25-26H,3-8H2,1-2H3,(H,19,27)(H2,28,29,30);10-12,25-26H,3-8H2,1-2H3,(H,20,27)(H2,28,29,30)/t9-,11-,12+;10-,11-,12+/m11/s1. The van der Waals surface area contributed by atoms with E-state index in [4.69, 9.17) is 62.5 Å². The molecule has 2 saturated heterocycles. The first-order chi connectivity index (χ1) is 32.1. The number of imidazole rings is 2. The predicted molar refractivity (Wildman–Crippen MR) is 241 cm³/mol. The van der Waals surface area contributed by atoms with Gasteiger partial charge in [0.25, 0.3) is 11.8 Å². The second kappa shape index (κ2) is 24.7. The Morgan fingerprint density at radius 1 is 0.735 bits per heavy atom. The third-order valence-corrected chi connectivity index (χ3v) is 14.3. The van der Waals surface area contributed by atoms with E-state index >= 15 is 0 Å². The Bertz CT molecular complexity index is 2330. The Morgan fingerprint density at radius 3 is 1.57 bits per heavy atom. The molecule has 2 aliphatic heterocycles. The first kappa shape index (κ1) is 55.6. The average molecular weight is 1080 g/mol. The number of hydrogen-bond donors (Lipinski definition) is 10. The number of carbonyl (C=O) groups excluding carboxylic acids is 2. The molecule has 6 rings (SSSR count). The molecule has 0 unspecified atom stereocenters. The number of carbonyl (C=O) groups is 2. The van der Waals surface area contributed by atoms with Crippen LogP contribution in [0.5, 0.6) is 0 Å². The molecule has 34 heteroatoms. The van der Waals surface area contributed by atoms with Crippen LogP contribution >= 0.6 is 61.5 Å². The minimum Gasteiger partial charge on any atom is -0.393 e. The van der Waals surface area contributed by atoms with Crippen LogP contribution < -0.4 is 20.4 Å². The number of rotatable bonds is 20. The number of anilines is 2. The Balaban J connectivity index is 0.000000254. The largest absolute Gasteiger partial charge is 0.471 e. The van der Waals surface area contributed by atoms with Gasteiger partial charge in [0.15, 0.2) is 5.15 Å². The van der Waals surface area contributed by atoms with Crippen molar-refractivity contribution in [3.8, 4) is 0 Å². The van der Waals surface area contributed by atoms with Crippen LogP contribution in [-0.4, -0.2) is 169 Å². The molecule has 6 atom stereocenters. The predicted octanol–water partition coefficient (Wildman–Crippen LogP) is 0.133. The number of aliphatic hydroxyl groups excluding tert-OH is 4. The van der Waals surface area contributed by atoms with Crippen molar-refractivity contribution in [2.24, 2.45) is 0 Å². The van der Waals surface area contributed by atoms with Gasteiger partial charge in [0.1, 0.15) is 40.8 Å². The van der Waals surface area contributed by atoms with E-state index in [1.807, 2.05) is 9.80 Å². The van der Waals surface area contributed by atoms with Gasteiger partial charge in [0.2, 0.25) is 21.9 Å². The van der Waals surface area contributed by atoms with Crippen molar-refractivity contribution in [1.82, 2.24) is 50.1 Å². The van der Waals surface area contributed by atoms with Crippen LogP contribution in [0.25, 0.3) is 0 Å². The number of halogens is 2. The minimum absolute atomic E-state index is 0.0391. The van der Waals surface area contributed by atoms with E-state index in [-0.39, 0.29) is 22.0 Å². The van der Waals surface area contributed by atoms with Gasteiger partial charge in [0.05, 0.1) is 48.9 Å². The van der Waals surface area contributed by atoms with E-state index in [0.29, 0.717) is 83.5 Å². The molecule has 0 saturated carbocycles. The van der Waals surface area contributed by atoms with Crippen molar-refractivity contribution in [1.29, 1.82) is 0 Å². The molecule has 0 radical (unpaired) electrons. The third kappa shape index (κ3) is 14.4. The van der Waals surface area contributed by atoms with Gasteiger partial charge in [-0.3, -0.25) is 27.8 Å². The number of aromatic nitrogens is 8. The van der Waals surface area contributed by atoms with Crippen molar-refractivity contribution in [3.63, 3.8) is 0 Å². The summed E-state index contributed by atoms with van der Waals surface area (Å²) in [5, 5.41) is 61.1. The molecule has 2 amide bonds. The second-order valence-corrected chi connectivity index (χ2v) is 20.0. The van der Waals surface area contributed by atoms with E-state index in [9.17, 15) is 28.9 Å². The Kier molecular flexibility index (Phi) is 20.1. The lowest BCUT2D eigenvalue weighted by Crippen LogP contribution is -2.55. The molecule has 4 aromatic heterocycles. The summed E-state index contributed by atoms with van der Waals surface area (Å²) in [5.74, 6) is -1.47. The number of piperidine rings is 2. The van der Waals surface area contributed by atoms with E-state index in [0.717, 1.165) is 27.2 Å². The summed E-state index contributed by atoms with van der Waals surface area (Å²) < 4.78 is 44.8. The number of hydrogen-bond acceptors (Lipinski definition) is 22. The van der Waals surface area contributed by atoms with Crippen LogP contribution in [0.4, 0.5) is 10.3 Å². The lowest BCUT2D eigenvalue weighted by molar-refractivity contribution is 0.0532. The first-order valence-corrected chi connectivity index (χ1v) is 25.9. The Morgan fingerprint density at radius 2 is 1.18 bits per heavy atom. The molecule has 0 spiro atoms. The summed E-state index contributed by atoms with van der Waals surface area (Å²) in [7, 11) is -6.56. The summed E-state index contributed by atoms with van der Waals surface area (Å²) in [6.45, 7) is 3.14. The summed E-state index contributed by atoms with van der Waals surface area (Å²) in [5.41, 5.74) is 0.784. The topological polar surface area (TPSA) is 385 Å². The summed E-state index contributed by atoms with van der Waals surface area (Å²) in [6, 6.07) is -0.804. The Hall–Kier alpha value is -3.36. The maximum Gasteiger partial charge on any atom is 0.471 e. The van der Waals surface area contributed by atoms with Gasteiger partial charge in [-0.05, 0) is 25.7 Å². The highest BCUT2D eigenvalue weighted by molar-refractivity contribution is 7.46. The molecule has 2 aliphatic rings. The van der Waals surface area contributed by atoms with Crippen molar-refractivity contribution < 1.29 is 77.2 Å². The number of amides is 2. The molecule has 0 aliphatic carbocycles. The summed E-state index contributed by atoms with van der Waals surface area (Å²) in [4.78, 5) is 74.2. The molecule has 380 valence electrons. The number of phosphoric acid groups is 2. The smallest absolute Gasteiger partial charge is 0.393 e. The maximum atomic E-state index is 13.0. The number of methoxy groups -OCH3 is 2. The number of aryl methyl sites for hydroxylation is 1. The number of nitrogens with zero attached hydrogens (tertiary/aromatic N) is 10. The fraction of sp³-hybridized carbons (Fsp3) is 0.647. The number of nitrogens with one attached hydrogen (secondary N) is 2. The van der Waals surface area contributed by atoms with Crippen LogP contribution in [0.15, 0.2) is 0 Å². The highest BCUT2D eigenvalue weighted by Gasteiger charge is 2.36. The molecule has 10 N–H and O–H groups in total. The monoisotopic (exact) mass is 1080 g/mol. The summed E-state index contributed by atoms with van der Waals surface area (Å²) >= 11 is 14.7. The normalized spacial score (nSPS) is 19.9. The highest BCUT2D eigenvalue weighted by Crippen LogP contribution is 2.38. The quantitative estimate of drug-likeness (QED) is 0.0526. The van der Waals surface area contributed by atoms with Crippen molar-refractivity contribution >= 4 is 83.6 Å². The maximum absolute atomic E-state index is 13.0. The zero-order chi connectivity index (χ0) is 50.1. The fourth-order valence-corrected chi connectivity index (χ4v) is 9.82. The van der Waals surface area contributed by atoms with Crippen LogP contribution in [0.1, 0.15) is 81.5 Å². The van der Waals surface area contributed by atoms with Gasteiger partial charge in [-0.15, -0.1) is 20.4 Å². The molecule has 0 aromatic carbocycles. The van der Waals surface area contributed by atoms with Crippen LogP contribution in [0, 0.1) is 0 Å². The number of aliphatic hydroxyl groups is 4. The van der Waals surface area contributed by atoms with Crippen LogP contribution in [0.2, 0.25) is 10.3 Å². The molecule has 28 nitrogen and oxygen atoms in total. The fourth-order valence-electron chi connectivity index (χ4n) is 6.96. The first-order valence-electron chi connectivity index (χ1n) is 20.5. The van der Waals surface area contributed by atoms with Crippen molar-refractivity contribution in [2.75, 3.05) is 63.4 Å². The molecule has 68 heavy (non-hydrogen) atoms. The zero-order valence-corrected chi connectivity index (χ0v) is 41.7. The zero-order valence-electron chi connectivity index (χ0n) is 36.7. The minimum atomic E-state index is -4.80. The van der Waals surface area contributed by atoms with Gasteiger partial charge in [-0.1, -0.05) is 59.7 Å². The molecule has 2 fully saturated rings. The molecule has 4 aromatic rings. The SMILES string of the molecule is CCc1c(Cl)nc(C(=O)N[C@@H]2CCN(c3nnc([C@H](O)CO)s3)C[C@@H]2OC)n1COP(=O)(O)O.CCc1nc(C(=O)N[C@@H]2CCN(c3nnc([C@H](O)CO)s3)C[C@@H]2OC)n(COP(=O)(O)O)c1Cl. The second-order valence-electron chi connectivity index (χ2n) is 14.8. The van der Waals surface area contributed by atoms with Crippen molar-refractivity contribution in [3.05, 3.63) is 43.4 Å². The average Bonchev–Trinajstić information content (AvgIpc) is 4.13. The summed E-state index contributed by atoms with van der Waals surface area (Å²) in [6.07, 6.45) is -1.33. The van der Waals surface area contributed by atoms with Gasteiger partial charge in [-0.2, -0.15) is 0 Å². The van der Waals surface area contributed by atoms with Gasteiger partial charge >= 0.3 is 15.6 Å². The Labute approximate surface area is 405 Å². The van der Waals surface area contributed by atoms with E-state index in [2.05, 4.69) is 50.0 Å².